The molecule has 2 amide bonds. The quantitative estimate of drug-likeness (QED) is 0.783. The molecule has 0 radical (unpaired) electrons. The van der Waals surface area contributed by atoms with E-state index in [0.29, 0.717) is 30.6 Å². The minimum Gasteiger partial charge on any atom is -0.483 e. The highest BCUT2D eigenvalue weighted by molar-refractivity contribution is 5.96. The zero-order valence-corrected chi connectivity index (χ0v) is 15.9. The molecule has 4 rings (SSSR count). The van der Waals surface area contributed by atoms with Gasteiger partial charge < -0.3 is 15.4 Å². The Morgan fingerprint density at radius 3 is 2.69 bits per heavy atom. The van der Waals surface area contributed by atoms with Crippen molar-refractivity contribution in [2.45, 2.75) is 38.0 Å². The molecule has 0 bridgehead atoms. The molecular weight excluding hydrogens is 371 g/mol. The van der Waals surface area contributed by atoms with Crippen molar-refractivity contribution < 1.29 is 18.7 Å². The van der Waals surface area contributed by atoms with E-state index in [1.54, 1.807) is 24.3 Å². The highest BCUT2D eigenvalue weighted by Crippen LogP contribution is 2.31. The van der Waals surface area contributed by atoms with Crippen molar-refractivity contribution in [3.05, 3.63) is 77.3 Å². The summed E-state index contributed by atoms with van der Waals surface area (Å²) in [5.41, 5.74) is 1.36. The van der Waals surface area contributed by atoms with Crippen LogP contribution in [0, 0.1) is 11.7 Å². The molecule has 5 nitrogen and oxygen atoms in total. The van der Waals surface area contributed by atoms with Gasteiger partial charge in [-0.3, -0.25) is 9.59 Å². The lowest BCUT2D eigenvalue weighted by Crippen LogP contribution is -2.54. The number of hydrogen-bond donors (Lipinski definition) is 2. The molecule has 1 saturated heterocycles. The summed E-state index contributed by atoms with van der Waals surface area (Å²) in [6, 6.07) is 15.7. The number of hydrogen-bond acceptors (Lipinski definition) is 3. The fourth-order valence-electron chi connectivity index (χ4n) is 3.90. The Labute approximate surface area is 169 Å². The molecule has 1 aliphatic carbocycles. The summed E-state index contributed by atoms with van der Waals surface area (Å²) in [5.74, 6) is -0.636. The van der Waals surface area contributed by atoms with Crippen molar-refractivity contribution in [1.82, 2.24) is 10.6 Å². The Hall–Kier alpha value is -3.15. The second-order valence-corrected chi connectivity index (χ2v) is 7.47. The third kappa shape index (κ3) is 4.47. The van der Waals surface area contributed by atoms with Crippen molar-refractivity contribution in [2.75, 3.05) is 0 Å². The summed E-state index contributed by atoms with van der Waals surface area (Å²) in [4.78, 5) is 25.0. The van der Waals surface area contributed by atoms with Crippen LogP contribution in [0.2, 0.25) is 0 Å². The zero-order chi connectivity index (χ0) is 20.2. The average Bonchev–Trinajstić information content (AvgIpc) is 2.74. The van der Waals surface area contributed by atoms with Crippen LogP contribution in [0.15, 0.2) is 60.4 Å². The standard InChI is InChI=1S/C23H23FN2O3/c24-18-9-5-4-8-17(18)14-25-22(27)16-10-11-20-19(13-16)26-23(28)21(29-20)12-15-6-2-1-3-7-15/h1-9,12,16,19-20H,10-11,13-14H2,(H,25,27)(H,26,28)/b21-12-. The summed E-state index contributed by atoms with van der Waals surface area (Å²) in [6.45, 7) is 0.156. The van der Waals surface area contributed by atoms with Gasteiger partial charge in [-0.2, -0.15) is 0 Å². The van der Waals surface area contributed by atoms with E-state index in [4.69, 9.17) is 4.74 Å². The number of fused-ring (bicyclic) bond motifs is 1. The fourth-order valence-corrected chi connectivity index (χ4v) is 3.90. The fraction of sp³-hybridized carbons (Fsp3) is 0.304. The first-order chi connectivity index (χ1) is 14.1. The van der Waals surface area contributed by atoms with E-state index in [1.165, 1.54) is 6.07 Å². The van der Waals surface area contributed by atoms with Gasteiger partial charge in [-0.15, -0.1) is 0 Å². The highest BCUT2D eigenvalue weighted by Gasteiger charge is 2.40. The number of nitrogens with one attached hydrogen (secondary N) is 2. The molecule has 1 saturated carbocycles. The maximum atomic E-state index is 13.7. The first kappa shape index (κ1) is 19.2. The van der Waals surface area contributed by atoms with Crippen molar-refractivity contribution in [3.8, 4) is 0 Å². The monoisotopic (exact) mass is 394 g/mol. The number of benzene rings is 2. The summed E-state index contributed by atoms with van der Waals surface area (Å²) in [7, 11) is 0. The van der Waals surface area contributed by atoms with E-state index in [1.807, 2.05) is 30.3 Å². The molecule has 2 aliphatic rings. The van der Waals surface area contributed by atoms with Gasteiger partial charge in [0.25, 0.3) is 5.91 Å². The van der Waals surface area contributed by atoms with Crippen LogP contribution in [0.1, 0.15) is 30.4 Å². The van der Waals surface area contributed by atoms with Crippen LogP contribution in [-0.2, 0) is 20.9 Å². The molecule has 1 aliphatic heterocycles. The molecular formula is C23H23FN2O3. The molecule has 2 aromatic rings. The summed E-state index contributed by atoms with van der Waals surface area (Å²) >= 11 is 0. The number of amides is 2. The van der Waals surface area contributed by atoms with E-state index in [0.717, 1.165) is 5.56 Å². The summed E-state index contributed by atoms with van der Waals surface area (Å²) < 4.78 is 19.7. The molecule has 2 aromatic carbocycles. The molecule has 150 valence electrons. The number of rotatable bonds is 4. The van der Waals surface area contributed by atoms with Gasteiger partial charge in [-0.05, 0) is 37.0 Å². The predicted molar refractivity (Wildman–Crippen MR) is 107 cm³/mol. The van der Waals surface area contributed by atoms with Gasteiger partial charge in [0.2, 0.25) is 5.91 Å². The zero-order valence-electron chi connectivity index (χ0n) is 15.9. The van der Waals surface area contributed by atoms with Crippen LogP contribution in [0.3, 0.4) is 0 Å². The largest absolute Gasteiger partial charge is 0.483 e. The van der Waals surface area contributed by atoms with Crippen LogP contribution in [0.4, 0.5) is 4.39 Å². The van der Waals surface area contributed by atoms with Gasteiger partial charge in [-0.25, -0.2) is 4.39 Å². The van der Waals surface area contributed by atoms with Gasteiger partial charge in [0.05, 0.1) is 6.04 Å². The number of carbonyl (C=O) groups is 2. The summed E-state index contributed by atoms with van der Waals surface area (Å²) in [5, 5.41) is 5.80. The van der Waals surface area contributed by atoms with Crippen LogP contribution in [0.25, 0.3) is 6.08 Å². The van der Waals surface area contributed by atoms with Crippen molar-refractivity contribution in [2.24, 2.45) is 5.92 Å². The second kappa shape index (κ2) is 8.47. The highest BCUT2D eigenvalue weighted by atomic mass is 19.1. The molecule has 3 atom stereocenters. The number of carbonyl (C=O) groups excluding carboxylic acids is 2. The third-order valence-corrected chi connectivity index (χ3v) is 5.48. The number of halogens is 1. The molecule has 0 spiro atoms. The smallest absolute Gasteiger partial charge is 0.286 e. The average molecular weight is 394 g/mol. The Morgan fingerprint density at radius 1 is 1.14 bits per heavy atom. The molecule has 3 unspecified atom stereocenters. The lowest BCUT2D eigenvalue weighted by molar-refractivity contribution is -0.135. The van der Waals surface area contributed by atoms with E-state index >= 15 is 0 Å². The van der Waals surface area contributed by atoms with E-state index < -0.39 is 0 Å². The minimum absolute atomic E-state index is 0.119. The lowest BCUT2D eigenvalue weighted by Gasteiger charge is -2.39. The normalized spacial score (nSPS) is 24.9. The third-order valence-electron chi connectivity index (χ3n) is 5.48. The lowest BCUT2D eigenvalue weighted by atomic mass is 9.82. The van der Waals surface area contributed by atoms with E-state index in [2.05, 4.69) is 10.6 Å². The maximum Gasteiger partial charge on any atom is 0.286 e. The molecule has 1 heterocycles. The predicted octanol–water partition coefficient (Wildman–Crippen LogP) is 3.17. The topological polar surface area (TPSA) is 67.4 Å². The van der Waals surface area contributed by atoms with Crippen molar-refractivity contribution >= 4 is 17.9 Å². The molecule has 2 fully saturated rings. The van der Waals surface area contributed by atoms with Crippen LogP contribution < -0.4 is 10.6 Å². The Bertz CT molecular complexity index is 929. The maximum absolute atomic E-state index is 13.7. The number of ether oxygens (including phenoxy) is 1. The van der Waals surface area contributed by atoms with E-state index in [9.17, 15) is 14.0 Å². The van der Waals surface area contributed by atoms with Gasteiger partial charge in [0, 0.05) is 18.0 Å². The SMILES string of the molecule is O=C1NC2CC(C(=O)NCc3ccccc3F)CCC2O/C1=C\c1ccccc1. The van der Waals surface area contributed by atoms with Gasteiger partial charge in [-0.1, -0.05) is 48.5 Å². The van der Waals surface area contributed by atoms with Crippen molar-refractivity contribution in [1.29, 1.82) is 0 Å². The van der Waals surface area contributed by atoms with E-state index in [-0.39, 0.29) is 42.2 Å². The van der Waals surface area contributed by atoms with Gasteiger partial charge >= 0.3 is 0 Å². The first-order valence-corrected chi connectivity index (χ1v) is 9.85. The van der Waals surface area contributed by atoms with Crippen LogP contribution in [-0.4, -0.2) is 24.0 Å². The van der Waals surface area contributed by atoms with Gasteiger partial charge in [0.15, 0.2) is 5.76 Å². The minimum atomic E-state index is -0.331. The van der Waals surface area contributed by atoms with Crippen LogP contribution >= 0.6 is 0 Å². The second-order valence-electron chi connectivity index (χ2n) is 7.47. The van der Waals surface area contributed by atoms with Gasteiger partial charge in [0.1, 0.15) is 11.9 Å². The number of morpholine rings is 1. The Morgan fingerprint density at radius 2 is 1.90 bits per heavy atom. The first-order valence-electron chi connectivity index (χ1n) is 9.85. The molecule has 6 heteroatoms. The Balaban J connectivity index is 1.35. The van der Waals surface area contributed by atoms with Crippen molar-refractivity contribution in [3.63, 3.8) is 0 Å². The summed E-state index contributed by atoms with van der Waals surface area (Å²) in [6.07, 6.45) is 3.45. The molecule has 0 aromatic heterocycles. The molecule has 29 heavy (non-hydrogen) atoms. The Kier molecular flexibility index (Phi) is 5.60. The molecule has 2 N–H and O–H groups in total. The van der Waals surface area contributed by atoms with Crippen LogP contribution in [0.5, 0.6) is 0 Å².